The number of aryl methyl sites for hydroxylation is 1. The monoisotopic (exact) mass is 476 g/mol. The van der Waals surface area contributed by atoms with E-state index < -0.39 is 0 Å². The second kappa shape index (κ2) is 11.1. The van der Waals surface area contributed by atoms with E-state index in [1.54, 1.807) is 22.7 Å². The molecule has 0 spiro atoms. The largest absolute Gasteiger partial charge is 0.467 e. The Kier molecular flexibility index (Phi) is 8.18. The normalized spacial score (nSPS) is 21.9. The van der Waals surface area contributed by atoms with E-state index in [1.165, 1.54) is 36.4 Å². The van der Waals surface area contributed by atoms with E-state index in [0.29, 0.717) is 12.5 Å². The topological polar surface area (TPSA) is 67.4 Å². The van der Waals surface area contributed by atoms with Crippen molar-refractivity contribution >= 4 is 28.6 Å². The highest BCUT2D eigenvalue weighted by atomic mass is 32.1. The Hall–Kier alpha value is -1.51. The van der Waals surface area contributed by atoms with Crippen molar-refractivity contribution in [1.82, 2.24) is 20.2 Å². The molecule has 0 bridgehead atoms. The second-order valence-electron chi connectivity index (χ2n) is 9.45. The van der Waals surface area contributed by atoms with Crippen LogP contribution in [0, 0.1) is 12.8 Å². The van der Waals surface area contributed by atoms with Gasteiger partial charge in [-0.2, -0.15) is 0 Å². The number of aromatic nitrogens is 2. The van der Waals surface area contributed by atoms with Gasteiger partial charge >= 0.3 is 0 Å². The molecule has 32 heavy (non-hydrogen) atoms. The molecule has 0 unspecified atom stereocenters. The highest BCUT2D eigenvalue weighted by Gasteiger charge is 2.24. The van der Waals surface area contributed by atoms with Crippen LogP contribution >= 0.6 is 22.7 Å². The van der Waals surface area contributed by atoms with Crippen molar-refractivity contribution in [1.29, 1.82) is 0 Å². The number of nitrogens with one attached hydrogen (secondary N) is 1. The summed E-state index contributed by atoms with van der Waals surface area (Å²) in [5.41, 5.74) is 1.25. The van der Waals surface area contributed by atoms with E-state index in [0.717, 1.165) is 59.8 Å². The number of nitrogens with zero attached hydrogens (tertiary/aromatic N) is 3. The van der Waals surface area contributed by atoms with Crippen molar-refractivity contribution in [3.05, 3.63) is 26.7 Å². The van der Waals surface area contributed by atoms with Crippen molar-refractivity contribution < 1.29 is 9.53 Å². The first-order chi connectivity index (χ1) is 15.4. The standard InChI is InChI=1S/C24H36N4O2S2/c1-16(2)30-24-27-21-9-12-28(13-10-22(21)32-24)11-8-18-4-6-19(7-5-18)26-23(29)14-20-15-25-17(3)31-20/h15-16,18-19H,4-14H2,1-3H3,(H,26,29)/t18-,19-. The predicted molar refractivity (Wildman–Crippen MR) is 131 cm³/mol. The summed E-state index contributed by atoms with van der Waals surface area (Å²) in [6.07, 6.45) is 10.5. The zero-order valence-corrected chi connectivity index (χ0v) is 21.2. The molecule has 176 valence electrons. The summed E-state index contributed by atoms with van der Waals surface area (Å²) in [4.78, 5) is 26.4. The highest BCUT2D eigenvalue weighted by molar-refractivity contribution is 7.13. The van der Waals surface area contributed by atoms with Gasteiger partial charge < -0.3 is 15.0 Å². The van der Waals surface area contributed by atoms with Crippen LogP contribution in [0.25, 0.3) is 0 Å². The van der Waals surface area contributed by atoms with Gasteiger partial charge in [-0.15, -0.1) is 11.3 Å². The zero-order valence-electron chi connectivity index (χ0n) is 19.6. The molecule has 2 aromatic rings. The first-order valence-corrected chi connectivity index (χ1v) is 13.7. The summed E-state index contributed by atoms with van der Waals surface area (Å²) >= 11 is 3.35. The number of fused-ring (bicyclic) bond motifs is 1. The minimum atomic E-state index is 0.143. The van der Waals surface area contributed by atoms with Gasteiger partial charge in [0.2, 0.25) is 5.91 Å². The fraction of sp³-hybridized carbons (Fsp3) is 0.708. The van der Waals surface area contributed by atoms with Crippen LogP contribution in [0.3, 0.4) is 0 Å². The molecule has 0 aromatic carbocycles. The van der Waals surface area contributed by atoms with Crippen LogP contribution in [0.4, 0.5) is 0 Å². The smallest absolute Gasteiger partial charge is 0.273 e. The Morgan fingerprint density at radius 1 is 1.22 bits per heavy atom. The number of hydrogen-bond acceptors (Lipinski definition) is 7. The Bertz CT molecular complexity index is 861. The van der Waals surface area contributed by atoms with Gasteiger partial charge in [-0.1, -0.05) is 11.3 Å². The minimum absolute atomic E-state index is 0.143. The molecule has 0 saturated heterocycles. The summed E-state index contributed by atoms with van der Waals surface area (Å²) in [7, 11) is 0. The Morgan fingerprint density at radius 2 is 2.00 bits per heavy atom. The maximum atomic E-state index is 12.3. The predicted octanol–water partition coefficient (Wildman–Crippen LogP) is 4.40. The molecule has 2 aliphatic rings. The van der Waals surface area contributed by atoms with Crippen LogP contribution in [0.5, 0.6) is 5.19 Å². The molecule has 1 aliphatic carbocycles. The molecule has 1 N–H and O–H groups in total. The lowest BCUT2D eigenvalue weighted by atomic mass is 9.84. The molecular weight excluding hydrogens is 440 g/mol. The van der Waals surface area contributed by atoms with Gasteiger partial charge in [0, 0.05) is 41.5 Å². The van der Waals surface area contributed by atoms with Gasteiger partial charge in [0.25, 0.3) is 5.19 Å². The SMILES string of the molecule is Cc1ncc(CC(=O)N[C@H]2CC[C@H](CCN3CCc4nc(OC(C)C)sc4CC3)CC2)s1. The maximum absolute atomic E-state index is 12.3. The van der Waals surface area contributed by atoms with Gasteiger partial charge in [-0.05, 0) is 71.8 Å². The van der Waals surface area contributed by atoms with Gasteiger partial charge in [0.05, 0.1) is 23.2 Å². The quantitative estimate of drug-likeness (QED) is 0.612. The number of hydrogen-bond donors (Lipinski definition) is 1. The molecule has 6 nitrogen and oxygen atoms in total. The van der Waals surface area contributed by atoms with Crippen molar-refractivity contribution in [3.8, 4) is 5.19 Å². The third kappa shape index (κ3) is 6.75. The Labute approximate surface area is 199 Å². The molecule has 1 amide bonds. The first-order valence-electron chi connectivity index (χ1n) is 12.0. The van der Waals surface area contributed by atoms with Crippen LogP contribution < -0.4 is 10.1 Å². The number of thiazole rings is 2. The molecule has 0 atom stereocenters. The Morgan fingerprint density at radius 3 is 2.72 bits per heavy atom. The zero-order chi connectivity index (χ0) is 22.5. The summed E-state index contributed by atoms with van der Waals surface area (Å²) < 4.78 is 5.79. The van der Waals surface area contributed by atoms with Crippen molar-refractivity contribution in [2.75, 3.05) is 19.6 Å². The van der Waals surface area contributed by atoms with E-state index >= 15 is 0 Å². The van der Waals surface area contributed by atoms with E-state index in [4.69, 9.17) is 9.72 Å². The highest BCUT2D eigenvalue weighted by Crippen LogP contribution is 2.30. The van der Waals surface area contributed by atoms with E-state index in [2.05, 4.69) is 29.0 Å². The van der Waals surface area contributed by atoms with Gasteiger partial charge in [-0.3, -0.25) is 4.79 Å². The second-order valence-corrected chi connectivity index (χ2v) is 11.8. The van der Waals surface area contributed by atoms with E-state index in [9.17, 15) is 4.79 Å². The van der Waals surface area contributed by atoms with Crippen molar-refractivity contribution in [3.63, 3.8) is 0 Å². The molecule has 3 heterocycles. The Balaban J connectivity index is 1.14. The third-order valence-electron chi connectivity index (χ3n) is 6.48. The van der Waals surface area contributed by atoms with Crippen LogP contribution in [-0.2, 0) is 24.1 Å². The molecule has 4 rings (SSSR count). The number of carbonyl (C=O) groups excluding carboxylic acids is 1. The number of rotatable bonds is 8. The molecule has 1 aliphatic heterocycles. The third-order valence-corrected chi connectivity index (χ3v) is 8.45. The lowest BCUT2D eigenvalue weighted by Gasteiger charge is -2.30. The van der Waals surface area contributed by atoms with Crippen LogP contribution in [0.1, 0.15) is 66.4 Å². The first kappa shape index (κ1) is 23.6. The van der Waals surface area contributed by atoms with Gasteiger partial charge in [0.1, 0.15) is 0 Å². The van der Waals surface area contributed by atoms with Crippen LogP contribution in [0.15, 0.2) is 6.20 Å². The van der Waals surface area contributed by atoms with Gasteiger partial charge in [-0.25, -0.2) is 9.97 Å². The molecule has 8 heteroatoms. The number of amides is 1. The average Bonchev–Trinajstić information content (AvgIpc) is 3.27. The van der Waals surface area contributed by atoms with E-state index in [-0.39, 0.29) is 12.0 Å². The lowest BCUT2D eigenvalue weighted by molar-refractivity contribution is -0.121. The molecule has 1 fully saturated rings. The average molecular weight is 477 g/mol. The fourth-order valence-electron chi connectivity index (χ4n) is 4.75. The number of ether oxygens (including phenoxy) is 1. The fourth-order valence-corrected chi connectivity index (χ4v) is 6.61. The van der Waals surface area contributed by atoms with Crippen molar-refractivity contribution in [2.45, 2.75) is 84.3 Å². The van der Waals surface area contributed by atoms with Crippen LogP contribution in [-0.4, -0.2) is 52.6 Å². The van der Waals surface area contributed by atoms with Crippen LogP contribution in [0.2, 0.25) is 0 Å². The van der Waals surface area contributed by atoms with Crippen molar-refractivity contribution in [2.24, 2.45) is 5.92 Å². The summed E-state index contributed by atoms with van der Waals surface area (Å²) in [6, 6.07) is 0.343. The summed E-state index contributed by atoms with van der Waals surface area (Å²) in [5, 5.41) is 5.11. The molecule has 1 saturated carbocycles. The summed E-state index contributed by atoms with van der Waals surface area (Å²) in [5.74, 6) is 0.929. The molecule has 2 aromatic heterocycles. The lowest BCUT2D eigenvalue weighted by Crippen LogP contribution is -2.38. The maximum Gasteiger partial charge on any atom is 0.273 e. The minimum Gasteiger partial charge on any atom is -0.467 e. The van der Waals surface area contributed by atoms with E-state index in [1.807, 2.05) is 13.1 Å². The summed E-state index contributed by atoms with van der Waals surface area (Å²) in [6.45, 7) is 9.49. The van der Waals surface area contributed by atoms with Gasteiger partial charge in [0.15, 0.2) is 0 Å². The molecule has 0 radical (unpaired) electrons. The molecular formula is C24H36N4O2S2. The number of carbonyl (C=O) groups is 1.